The van der Waals surface area contributed by atoms with Crippen molar-refractivity contribution < 1.29 is 8.83 Å². The normalized spacial score (nSPS) is 12.0. The second-order valence-electron chi connectivity index (χ2n) is 17.8. The van der Waals surface area contributed by atoms with Crippen molar-refractivity contribution in [3.8, 4) is 62.1 Å². The van der Waals surface area contributed by atoms with Crippen LogP contribution in [-0.4, -0.2) is 19.5 Å². The first kappa shape index (κ1) is 38.9. The molecule has 0 aliphatic heterocycles. The molecule has 15 aromatic rings. The molecule has 0 bridgehead atoms. The molecule has 10 aromatic carbocycles. The van der Waals surface area contributed by atoms with E-state index >= 15 is 0 Å². The Hall–Kier alpha value is -9.17. The fourth-order valence-electron chi connectivity index (χ4n) is 10.7. The summed E-state index contributed by atoms with van der Waals surface area (Å²) in [6.07, 6.45) is 0. The van der Waals surface area contributed by atoms with Gasteiger partial charge in [0.15, 0.2) is 17.5 Å². The van der Waals surface area contributed by atoms with Crippen LogP contribution in [-0.2, 0) is 0 Å². The highest BCUT2D eigenvalue weighted by Gasteiger charge is 2.22. The van der Waals surface area contributed by atoms with E-state index in [1.807, 2.05) is 60.7 Å². The molecule has 0 N–H and O–H groups in total. The SMILES string of the molecule is c1ccc(-c2nc(-c3cccc4c3oc3ccccc34)nc(-c3cccc4sc5c(-c6cccc7c6oc6ccc(-c8ccc9c(c8)c8ccccc8n9-c8ccccc8)cc67)cccc5c34)n2)cc1. The molecule has 326 valence electrons. The lowest BCUT2D eigenvalue weighted by atomic mass is 9.98. The lowest BCUT2D eigenvalue weighted by molar-refractivity contribution is 0.669. The largest absolute Gasteiger partial charge is 0.455 e. The molecule has 0 radical (unpaired) electrons. The Kier molecular flexibility index (Phi) is 8.43. The lowest BCUT2D eigenvalue weighted by Crippen LogP contribution is -2.00. The second-order valence-corrected chi connectivity index (χ2v) is 18.9. The summed E-state index contributed by atoms with van der Waals surface area (Å²) in [5.74, 6) is 1.76. The number of nitrogens with zero attached hydrogens (tertiary/aromatic N) is 4. The first-order valence-electron chi connectivity index (χ1n) is 23.4. The van der Waals surface area contributed by atoms with Crippen molar-refractivity contribution >= 4 is 97.2 Å². The molecule has 0 saturated heterocycles. The highest BCUT2D eigenvalue weighted by Crippen LogP contribution is 2.47. The number of thiophene rings is 1. The summed E-state index contributed by atoms with van der Waals surface area (Å²) >= 11 is 1.78. The minimum absolute atomic E-state index is 0.557. The van der Waals surface area contributed by atoms with Gasteiger partial charge in [-0.25, -0.2) is 15.0 Å². The Morgan fingerprint density at radius 2 is 0.900 bits per heavy atom. The molecule has 0 atom stereocenters. The van der Waals surface area contributed by atoms with Gasteiger partial charge in [-0.3, -0.25) is 0 Å². The molecule has 7 heteroatoms. The van der Waals surface area contributed by atoms with Crippen LogP contribution in [0.15, 0.2) is 227 Å². The third-order valence-electron chi connectivity index (χ3n) is 13.9. The number of fused-ring (bicyclic) bond motifs is 12. The van der Waals surface area contributed by atoms with Crippen LogP contribution >= 0.6 is 11.3 Å². The quantitative estimate of drug-likeness (QED) is 0.166. The van der Waals surface area contributed by atoms with Crippen molar-refractivity contribution in [3.05, 3.63) is 218 Å². The van der Waals surface area contributed by atoms with E-state index in [0.29, 0.717) is 17.5 Å². The third kappa shape index (κ3) is 5.89. The maximum Gasteiger partial charge on any atom is 0.167 e. The van der Waals surface area contributed by atoms with E-state index < -0.39 is 0 Å². The number of hydrogen-bond donors (Lipinski definition) is 0. The van der Waals surface area contributed by atoms with Crippen LogP contribution in [0.3, 0.4) is 0 Å². The molecule has 0 aliphatic rings. The van der Waals surface area contributed by atoms with Crippen molar-refractivity contribution in [2.45, 2.75) is 0 Å². The summed E-state index contributed by atoms with van der Waals surface area (Å²) in [5.41, 5.74) is 14.0. The molecule has 5 aromatic heterocycles. The number of aromatic nitrogens is 4. The fourth-order valence-corrected chi connectivity index (χ4v) is 12.0. The zero-order valence-corrected chi connectivity index (χ0v) is 38.1. The Morgan fingerprint density at radius 1 is 0.343 bits per heavy atom. The summed E-state index contributed by atoms with van der Waals surface area (Å²) in [4.78, 5) is 15.6. The van der Waals surface area contributed by atoms with E-state index in [0.717, 1.165) is 104 Å². The van der Waals surface area contributed by atoms with Gasteiger partial charge >= 0.3 is 0 Å². The zero-order valence-electron chi connectivity index (χ0n) is 37.3. The van der Waals surface area contributed by atoms with Crippen LogP contribution in [0, 0.1) is 0 Å². The molecule has 0 spiro atoms. The Morgan fingerprint density at radius 3 is 1.73 bits per heavy atom. The maximum atomic E-state index is 6.85. The molecule has 0 saturated carbocycles. The average Bonchev–Trinajstić information content (AvgIpc) is 4.20. The number of para-hydroxylation sites is 5. The smallest absolute Gasteiger partial charge is 0.167 e. The van der Waals surface area contributed by atoms with E-state index in [2.05, 4.69) is 162 Å². The first-order chi connectivity index (χ1) is 34.7. The second kappa shape index (κ2) is 15.2. The molecule has 5 heterocycles. The highest BCUT2D eigenvalue weighted by molar-refractivity contribution is 7.26. The summed E-state index contributed by atoms with van der Waals surface area (Å²) in [6.45, 7) is 0. The van der Waals surface area contributed by atoms with Gasteiger partial charge in [-0.15, -0.1) is 11.3 Å². The predicted molar refractivity (Wildman–Crippen MR) is 289 cm³/mol. The third-order valence-corrected chi connectivity index (χ3v) is 15.1. The molecule has 0 aliphatic carbocycles. The monoisotopic (exact) mass is 912 g/mol. The van der Waals surface area contributed by atoms with Gasteiger partial charge in [0.2, 0.25) is 0 Å². The Balaban J connectivity index is 0.869. The number of rotatable bonds is 6. The van der Waals surface area contributed by atoms with Crippen molar-refractivity contribution in [3.63, 3.8) is 0 Å². The minimum Gasteiger partial charge on any atom is -0.455 e. The van der Waals surface area contributed by atoms with E-state index in [9.17, 15) is 0 Å². The van der Waals surface area contributed by atoms with Crippen molar-refractivity contribution in [2.75, 3.05) is 0 Å². The van der Waals surface area contributed by atoms with Gasteiger partial charge in [0.1, 0.15) is 22.3 Å². The van der Waals surface area contributed by atoms with Crippen LogP contribution in [0.2, 0.25) is 0 Å². The van der Waals surface area contributed by atoms with Gasteiger partial charge in [-0.05, 0) is 71.8 Å². The predicted octanol–water partition coefficient (Wildman–Crippen LogP) is 17.5. The van der Waals surface area contributed by atoms with E-state index in [-0.39, 0.29) is 0 Å². The summed E-state index contributed by atoms with van der Waals surface area (Å²) < 4.78 is 18.0. The fraction of sp³-hybridized carbons (Fsp3) is 0. The summed E-state index contributed by atoms with van der Waals surface area (Å²) in [7, 11) is 0. The van der Waals surface area contributed by atoms with Crippen molar-refractivity contribution in [2.24, 2.45) is 0 Å². The number of furan rings is 2. The van der Waals surface area contributed by atoms with Crippen LogP contribution in [0.5, 0.6) is 0 Å². The molecule has 70 heavy (non-hydrogen) atoms. The summed E-state index contributed by atoms with van der Waals surface area (Å²) in [6, 6.07) is 76.7. The van der Waals surface area contributed by atoms with Gasteiger partial charge < -0.3 is 13.4 Å². The van der Waals surface area contributed by atoms with Crippen molar-refractivity contribution in [1.29, 1.82) is 0 Å². The zero-order chi connectivity index (χ0) is 45.9. The van der Waals surface area contributed by atoms with Gasteiger partial charge in [-0.1, -0.05) is 158 Å². The van der Waals surface area contributed by atoms with E-state index in [1.165, 1.54) is 26.5 Å². The Labute approximate surface area is 404 Å². The maximum absolute atomic E-state index is 6.85. The van der Waals surface area contributed by atoms with Crippen LogP contribution in [0.4, 0.5) is 0 Å². The van der Waals surface area contributed by atoms with Gasteiger partial charge in [0.25, 0.3) is 0 Å². The van der Waals surface area contributed by atoms with E-state index in [4.69, 9.17) is 23.8 Å². The average molecular weight is 913 g/mol. The summed E-state index contributed by atoms with van der Waals surface area (Å²) in [5, 5.41) is 8.95. The first-order valence-corrected chi connectivity index (χ1v) is 24.2. The van der Waals surface area contributed by atoms with Crippen LogP contribution in [0.25, 0.3) is 148 Å². The van der Waals surface area contributed by atoms with Crippen LogP contribution in [0.1, 0.15) is 0 Å². The molecule has 6 nitrogen and oxygen atoms in total. The molecule has 0 amide bonds. The Bertz CT molecular complexity index is 4600. The van der Waals surface area contributed by atoms with Gasteiger partial charge in [0.05, 0.1) is 16.6 Å². The lowest BCUT2D eigenvalue weighted by Gasteiger charge is -2.10. The number of hydrogen-bond acceptors (Lipinski definition) is 6. The van der Waals surface area contributed by atoms with Crippen molar-refractivity contribution in [1.82, 2.24) is 19.5 Å². The van der Waals surface area contributed by atoms with E-state index in [1.54, 1.807) is 11.3 Å². The molecule has 0 fully saturated rings. The number of benzene rings is 10. The van der Waals surface area contributed by atoms with Crippen LogP contribution < -0.4 is 0 Å². The highest BCUT2D eigenvalue weighted by atomic mass is 32.1. The molecular weight excluding hydrogens is 877 g/mol. The molecule has 0 unspecified atom stereocenters. The standard InChI is InChI=1S/C63H36N4O2S/c1-3-15-37(16-4-1)61-64-62(66-63(65-61)49-27-12-21-43-42-20-8-10-29-54(42)68-59(43)49)48-26-14-30-56-57(48)47-25-13-24-46(60(47)70-56)44-22-11-23-45-51-36-39(32-34-55(51)69-58(44)45)38-31-33-53-50(35-38)41-19-7-9-28-52(41)67(53)40-17-5-2-6-18-40/h1-36H. The molecular formula is C63H36N4O2S. The minimum atomic E-state index is 0.557. The topological polar surface area (TPSA) is 69.9 Å². The van der Waals surface area contributed by atoms with Gasteiger partial charge in [-0.2, -0.15) is 0 Å². The molecule has 15 rings (SSSR count). The van der Waals surface area contributed by atoms with Gasteiger partial charge in [0, 0.05) is 80.4 Å².